The molecule has 0 N–H and O–H groups in total. The summed E-state index contributed by atoms with van der Waals surface area (Å²) >= 11 is 4.09. The van der Waals surface area contributed by atoms with Crippen molar-refractivity contribution in [2.75, 3.05) is 31.6 Å². The third kappa shape index (κ3) is 10.0. The number of aromatic nitrogens is 4. The SMILES string of the molecule is CC(C)(C)OC(=O)N1C2CC[C@@H]1CC(c1nc3c(-c4ccc(-c5ccccc5)nc4)cnn3c(N(COCC[Si](C)(C)C)COCC[Si](C)(C)C)c1Br)C2. The molecule has 4 aromatic rings. The van der Waals surface area contributed by atoms with Crippen LogP contribution in [-0.4, -0.2) is 91.1 Å². The van der Waals surface area contributed by atoms with Crippen molar-refractivity contribution in [2.24, 2.45) is 0 Å². The van der Waals surface area contributed by atoms with Crippen molar-refractivity contribution < 1.29 is 19.0 Å². The van der Waals surface area contributed by atoms with E-state index in [1.165, 1.54) is 0 Å². The Bertz CT molecular complexity index is 1850. The summed E-state index contributed by atoms with van der Waals surface area (Å²) in [5.74, 6) is 0.987. The second-order valence-electron chi connectivity index (χ2n) is 18.4. The van der Waals surface area contributed by atoms with E-state index in [1.54, 1.807) is 0 Å². The topological polar surface area (TPSA) is 94.3 Å². The third-order valence-electron chi connectivity index (χ3n) is 10.2. The van der Waals surface area contributed by atoms with Crippen LogP contribution in [0.4, 0.5) is 10.6 Å². The summed E-state index contributed by atoms with van der Waals surface area (Å²) in [5.41, 5.74) is 5.03. The molecular formula is C41H59BrN6O4Si2. The third-order valence-corrected chi connectivity index (χ3v) is 14.4. The molecule has 10 nitrogen and oxygen atoms in total. The van der Waals surface area contributed by atoms with Crippen LogP contribution in [0.1, 0.15) is 58.1 Å². The number of fused-ring (bicyclic) bond motifs is 3. The second kappa shape index (κ2) is 16.6. The van der Waals surface area contributed by atoms with Gasteiger partial charge >= 0.3 is 6.09 Å². The van der Waals surface area contributed by atoms with Crippen molar-refractivity contribution in [1.82, 2.24) is 24.5 Å². The minimum absolute atomic E-state index is 0.0991. The van der Waals surface area contributed by atoms with Gasteiger partial charge < -0.3 is 24.0 Å². The highest BCUT2D eigenvalue weighted by Gasteiger charge is 2.46. The molecule has 3 aromatic heterocycles. The lowest BCUT2D eigenvalue weighted by Gasteiger charge is -2.39. The number of anilines is 1. The molecular weight excluding hydrogens is 777 g/mol. The monoisotopic (exact) mass is 834 g/mol. The average molecular weight is 836 g/mol. The predicted octanol–water partition coefficient (Wildman–Crippen LogP) is 10.3. The number of nitrogens with zero attached hydrogens (tertiary/aromatic N) is 6. The van der Waals surface area contributed by atoms with Crippen molar-refractivity contribution in [1.29, 1.82) is 0 Å². The van der Waals surface area contributed by atoms with E-state index in [4.69, 9.17) is 29.3 Å². The molecule has 2 fully saturated rings. The number of amides is 1. The first-order valence-corrected chi connectivity index (χ1v) is 27.7. The standard InChI is InChI=1S/C41H59BrN6O4Si2/c1-41(2,3)52-40(49)47-32-16-17-33(47)24-31(23-32)37-36(42)39(46(27-50-19-21-53(4,5)6)28-51-20-22-54(7,8)9)48-38(45-37)34(26-44-48)30-15-18-35(43-25-30)29-13-11-10-12-14-29/h10-15,18,25-26,31-33H,16-17,19-24,27-28H2,1-9H3/t31?,32-,33?/m1/s1. The maximum Gasteiger partial charge on any atom is 0.410 e. The molecule has 292 valence electrons. The Hall–Kier alpha value is -3.11. The van der Waals surface area contributed by atoms with Crippen LogP contribution >= 0.6 is 15.9 Å². The Morgan fingerprint density at radius 2 is 1.48 bits per heavy atom. The van der Waals surface area contributed by atoms with Crippen LogP contribution in [0.2, 0.25) is 51.4 Å². The van der Waals surface area contributed by atoms with Gasteiger partial charge in [0, 0.05) is 70.3 Å². The highest BCUT2D eigenvalue weighted by atomic mass is 79.9. The Kier molecular flexibility index (Phi) is 12.4. The molecule has 1 aromatic carbocycles. The van der Waals surface area contributed by atoms with Crippen LogP contribution in [0, 0.1) is 0 Å². The van der Waals surface area contributed by atoms with Crippen molar-refractivity contribution >= 4 is 49.6 Å². The van der Waals surface area contributed by atoms with Crippen molar-refractivity contribution in [3.63, 3.8) is 0 Å². The minimum Gasteiger partial charge on any atom is -0.444 e. The molecule has 0 spiro atoms. The van der Waals surface area contributed by atoms with E-state index in [1.807, 2.05) is 60.8 Å². The smallest absolute Gasteiger partial charge is 0.410 e. The van der Waals surface area contributed by atoms with E-state index in [-0.39, 0.29) is 24.1 Å². The maximum absolute atomic E-state index is 13.4. The van der Waals surface area contributed by atoms with Gasteiger partial charge in [-0.25, -0.2) is 9.78 Å². The number of rotatable bonds is 14. The zero-order valence-corrected chi connectivity index (χ0v) is 37.3. The van der Waals surface area contributed by atoms with Gasteiger partial charge in [-0.2, -0.15) is 9.61 Å². The van der Waals surface area contributed by atoms with Gasteiger partial charge in [-0.1, -0.05) is 75.7 Å². The maximum atomic E-state index is 13.4. The fourth-order valence-electron chi connectivity index (χ4n) is 7.33. The molecule has 2 saturated heterocycles. The summed E-state index contributed by atoms with van der Waals surface area (Å²) in [4.78, 5) is 27.8. The van der Waals surface area contributed by atoms with E-state index < -0.39 is 21.7 Å². The number of halogens is 1. The molecule has 0 saturated carbocycles. The van der Waals surface area contributed by atoms with Crippen LogP contribution in [0.25, 0.3) is 28.0 Å². The van der Waals surface area contributed by atoms with Crippen LogP contribution < -0.4 is 4.90 Å². The Balaban J connectivity index is 1.40. The number of hydrogen-bond acceptors (Lipinski definition) is 8. The highest BCUT2D eigenvalue weighted by Crippen LogP contribution is 2.47. The van der Waals surface area contributed by atoms with E-state index in [0.717, 1.165) is 81.8 Å². The predicted molar refractivity (Wildman–Crippen MR) is 227 cm³/mol. The number of benzene rings is 1. The van der Waals surface area contributed by atoms with Gasteiger partial charge in [0.05, 0.1) is 22.1 Å². The summed E-state index contributed by atoms with van der Waals surface area (Å²) in [7, 11) is -2.58. The average Bonchev–Trinajstić information content (AvgIpc) is 3.63. The highest BCUT2D eigenvalue weighted by molar-refractivity contribution is 9.10. The molecule has 6 rings (SSSR count). The van der Waals surface area contributed by atoms with Gasteiger partial charge in [-0.15, -0.1) is 0 Å². The summed E-state index contributed by atoms with van der Waals surface area (Å²) in [5, 5.41) is 4.98. The first-order chi connectivity index (χ1) is 25.5. The Morgan fingerprint density at radius 1 is 0.870 bits per heavy atom. The number of carbonyl (C=O) groups is 1. The quantitative estimate of drug-likeness (QED) is 0.0704. The van der Waals surface area contributed by atoms with Gasteiger partial charge in [0.25, 0.3) is 0 Å². The summed E-state index contributed by atoms with van der Waals surface area (Å²) < 4.78 is 21.5. The normalized spacial score (nSPS) is 19.1. The fourth-order valence-corrected chi connectivity index (χ4v) is 9.68. The molecule has 2 bridgehead atoms. The second-order valence-corrected chi connectivity index (χ2v) is 30.4. The van der Waals surface area contributed by atoms with Crippen LogP contribution in [-0.2, 0) is 14.2 Å². The first kappa shape index (κ1) is 40.6. The lowest BCUT2D eigenvalue weighted by atomic mass is 9.88. The fraction of sp³-hybridized carbons (Fsp3) is 0.561. The summed E-state index contributed by atoms with van der Waals surface area (Å²) in [6.07, 6.45) is 7.16. The molecule has 13 heteroatoms. The van der Waals surface area contributed by atoms with E-state index >= 15 is 0 Å². The number of carbonyl (C=O) groups excluding carboxylic acids is 1. The van der Waals surface area contributed by atoms with Crippen LogP contribution in [0.15, 0.2) is 59.3 Å². The molecule has 0 radical (unpaired) electrons. The van der Waals surface area contributed by atoms with E-state index in [2.05, 4.69) is 84.4 Å². The summed E-state index contributed by atoms with van der Waals surface area (Å²) in [6, 6.07) is 16.7. The van der Waals surface area contributed by atoms with E-state index in [9.17, 15) is 4.79 Å². The summed E-state index contributed by atoms with van der Waals surface area (Å²) in [6.45, 7) is 22.1. The Labute approximate surface area is 332 Å². The molecule has 1 amide bonds. The van der Waals surface area contributed by atoms with Gasteiger partial charge in [0.2, 0.25) is 0 Å². The molecule has 2 aliphatic rings. The van der Waals surface area contributed by atoms with Crippen molar-refractivity contribution in [3.8, 4) is 22.4 Å². The molecule has 54 heavy (non-hydrogen) atoms. The molecule has 2 aliphatic heterocycles. The van der Waals surface area contributed by atoms with Crippen LogP contribution in [0.3, 0.4) is 0 Å². The van der Waals surface area contributed by atoms with Gasteiger partial charge in [-0.3, -0.25) is 4.98 Å². The molecule has 2 unspecified atom stereocenters. The number of pyridine rings is 1. The van der Waals surface area contributed by atoms with E-state index in [0.29, 0.717) is 26.7 Å². The number of hydrogen-bond donors (Lipinski definition) is 0. The van der Waals surface area contributed by atoms with Crippen molar-refractivity contribution in [3.05, 3.63) is 65.0 Å². The first-order valence-electron chi connectivity index (χ1n) is 19.5. The van der Waals surface area contributed by atoms with Gasteiger partial charge in [0.15, 0.2) is 11.5 Å². The molecule has 5 heterocycles. The Morgan fingerprint density at radius 3 is 2.02 bits per heavy atom. The lowest BCUT2D eigenvalue weighted by Crippen LogP contribution is -2.48. The zero-order chi connectivity index (χ0) is 38.8. The molecule has 0 aliphatic carbocycles. The number of piperidine rings is 1. The van der Waals surface area contributed by atoms with Gasteiger partial charge in [0.1, 0.15) is 19.1 Å². The molecule has 3 atom stereocenters. The number of ether oxygens (including phenoxy) is 3. The van der Waals surface area contributed by atoms with Gasteiger partial charge in [-0.05, 0) is 80.5 Å². The largest absolute Gasteiger partial charge is 0.444 e. The van der Waals surface area contributed by atoms with Crippen molar-refractivity contribution in [2.45, 2.75) is 121 Å². The van der Waals surface area contributed by atoms with Crippen LogP contribution in [0.5, 0.6) is 0 Å². The lowest BCUT2D eigenvalue weighted by molar-refractivity contribution is 0.00566. The zero-order valence-electron chi connectivity index (χ0n) is 33.7. The minimum atomic E-state index is -1.29.